The zero-order valence-electron chi connectivity index (χ0n) is 21.5. The van der Waals surface area contributed by atoms with E-state index in [9.17, 15) is 9.90 Å². The minimum absolute atomic E-state index is 0.456. The SMILES string of the molecule is Cc1noc(C2(C3(C(=O)O)CC3)C=CC(c3ccccc3)=CC2)c1Nc1cccc(C#CC2CCCC2)n1. The predicted molar refractivity (Wildman–Crippen MR) is 147 cm³/mol. The number of carbonyl (C=O) groups is 1. The molecule has 3 aliphatic rings. The molecular formula is C32H31N3O3. The normalized spacial score (nSPS) is 21.9. The Morgan fingerprint density at radius 3 is 2.58 bits per heavy atom. The Balaban J connectivity index is 1.35. The van der Waals surface area contributed by atoms with E-state index in [0.29, 0.717) is 53.8 Å². The number of carboxylic acids is 1. The van der Waals surface area contributed by atoms with E-state index < -0.39 is 16.8 Å². The van der Waals surface area contributed by atoms with Crippen molar-refractivity contribution in [1.29, 1.82) is 0 Å². The van der Waals surface area contributed by atoms with Crippen molar-refractivity contribution in [3.63, 3.8) is 0 Å². The zero-order valence-corrected chi connectivity index (χ0v) is 21.5. The highest BCUT2D eigenvalue weighted by molar-refractivity contribution is 5.84. The van der Waals surface area contributed by atoms with E-state index in [1.54, 1.807) is 0 Å². The molecule has 6 rings (SSSR count). The van der Waals surface area contributed by atoms with Gasteiger partial charge in [0.2, 0.25) is 0 Å². The van der Waals surface area contributed by atoms with Crippen LogP contribution >= 0.6 is 0 Å². The van der Waals surface area contributed by atoms with E-state index in [1.807, 2.05) is 55.5 Å². The molecule has 0 spiro atoms. The first-order valence-electron chi connectivity index (χ1n) is 13.4. The number of nitrogens with zero attached hydrogens (tertiary/aromatic N) is 2. The minimum atomic E-state index is -0.938. The summed E-state index contributed by atoms with van der Waals surface area (Å²) in [5.41, 5.74) is 2.42. The van der Waals surface area contributed by atoms with Gasteiger partial charge < -0.3 is 14.9 Å². The van der Waals surface area contributed by atoms with Crippen molar-refractivity contribution in [2.24, 2.45) is 11.3 Å². The molecule has 38 heavy (non-hydrogen) atoms. The number of carboxylic acid groups (broad SMARTS) is 1. The molecule has 3 aromatic rings. The molecule has 1 atom stereocenters. The number of aryl methyl sites for hydroxylation is 1. The van der Waals surface area contributed by atoms with Gasteiger partial charge in [0.15, 0.2) is 5.76 Å². The molecule has 6 nitrogen and oxygen atoms in total. The van der Waals surface area contributed by atoms with Crippen molar-refractivity contribution in [3.05, 3.63) is 89.5 Å². The third-order valence-electron chi connectivity index (χ3n) is 8.34. The van der Waals surface area contributed by atoms with Crippen molar-refractivity contribution >= 4 is 23.0 Å². The topological polar surface area (TPSA) is 88.2 Å². The van der Waals surface area contributed by atoms with E-state index in [-0.39, 0.29) is 0 Å². The average molecular weight is 506 g/mol. The maximum atomic E-state index is 12.7. The van der Waals surface area contributed by atoms with Gasteiger partial charge >= 0.3 is 5.97 Å². The Morgan fingerprint density at radius 2 is 1.89 bits per heavy atom. The smallest absolute Gasteiger partial charge is 0.311 e. The summed E-state index contributed by atoms with van der Waals surface area (Å²) < 4.78 is 5.96. The molecule has 1 aromatic carbocycles. The van der Waals surface area contributed by atoms with E-state index in [1.165, 1.54) is 12.8 Å². The van der Waals surface area contributed by atoms with E-state index >= 15 is 0 Å². The van der Waals surface area contributed by atoms with Gasteiger partial charge in [-0.3, -0.25) is 4.79 Å². The van der Waals surface area contributed by atoms with Gasteiger partial charge in [-0.05, 0) is 68.2 Å². The van der Waals surface area contributed by atoms with Gasteiger partial charge in [-0.15, -0.1) is 0 Å². The molecule has 2 fully saturated rings. The van der Waals surface area contributed by atoms with Crippen LogP contribution in [-0.4, -0.2) is 21.2 Å². The van der Waals surface area contributed by atoms with Crippen molar-refractivity contribution in [1.82, 2.24) is 10.1 Å². The van der Waals surface area contributed by atoms with Crippen LogP contribution in [0.15, 0.2) is 71.3 Å². The van der Waals surface area contributed by atoms with Crippen LogP contribution in [0, 0.1) is 30.1 Å². The maximum absolute atomic E-state index is 12.7. The molecule has 2 saturated carbocycles. The summed E-state index contributed by atoms with van der Waals surface area (Å²) in [5, 5.41) is 18.1. The van der Waals surface area contributed by atoms with E-state index in [4.69, 9.17) is 9.51 Å². The monoisotopic (exact) mass is 505 g/mol. The summed E-state index contributed by atoms with van der Waals surface area (Å²) in [6.07, 6.45) is 12.7. The molecular weight excluding hydrogens is 474 g/mol. The summed E-state index contributed by atoms with van der Waals surface area (Å²) in [4.78, 5) is 17.4. The number of pyridine rings is 1. The van der Waals surface area contributed by atoms with Crippen LogP contribution in [0.5, 0.6) is 0 Å². The van der Waals surface area contributed by atoms with Gasteiger partial charge in [-0.25, -0.2) is 4.98 Å². The van der Waals surface area contributed by atoms with Gasteiger partial charge in [0.25, 0.3) is 0 Å². The molecule has 1 unspecified atom stereocenters. The van der Waals surface area contributed by atoms with Crippen LogP contribution in [0.2, 0.25) is 0 Å². The van der Waals surface area contributed by atoms with Crippen molar-refractivity contribution in [2.45, 2.75) is 57.3 Å². The first-order chi connectivity index (χ1) is 18.5. The largest absolute Gasteiger partial charge is 0.481 e. The summed E-state index contributed by atoms with van der Waals surface area (Å²) in [6.45, 7) is 1.87. The highest BCUT2D eigenvalue weighted by Gasteiger charge is 2.66. The van der Waals surface area contributed by atoms with Gasteiger partial charge in [0.05, 0.1) is 10.8 Å². The fraction of sp³-hybridized carbons (Fsp3) is 0.344. The van der Waals surface area contributed by atoms with E-state index in [2.05, 4.69) is 40.5 Å². The van der Waals surface area contributed by atoms with Gasteiger partial charge in [-0.1, -0.05) is 78.5 Å². The number of benzene rings is 1. The number of aromatic nitrogens is 2. The Hall–Kier alpha value is -4.11. The van der Waals surface area contributed by atoms with Crippen LogP contribution < -0.4 is 5.32 Å². The van der Waals surface area contributed by atoms with E-state index in [0.717, 1.165) is 24.0 Å². The molecule has 2 aromatic heterocycles. The molecule has 0 amide bonds. The number of rotatable bonds is 6. The third kappa shape index (κ3) is 4.22. The Kier molecular flexibility index (Phi) is 6.15. The molecule has 0 bridgehead atoms. The quantitative estimate of drug-likeness (QED) is 0.358. The van der Waals surface area contributed by atoms with Gasteiger partial charge in [0, 0.05) is 5.92 Å². The Morgan fingerprint density at radius 1 is 1.11 bits per heavy atom. The molecule has 6 heteroatoms. The molecule has 0 radical (unpaired) electrons. The van der Waals surface area contributed by atoms with Crippen molar-refractivity contribution < 1.29 is 14.4 Å². The number of nitrogens with one attached hydrogen (secondary N) is 1. The Labute approximate surface area is 222 Å². The zero-order chi connectivity index (χ0) is 26.2. The standard InChI is InChI=1S/C32H31N3O3/c1-22-28(34-27-13-7-12-26(33-27)15-14-23-8-5-6-9-23)29(38-35-22)31(32(20-21-32)30(36)37)18-16-25(17-19-31)24-10-3-2-4-11-24/h2-4,7,10-13,16-18,23H,5-6,8-9,19-21H2,1H3,(H,33,34)(H,36,37). The first kappa shape index (κ1) is 24.2. The highest BCUT2D eigenvalue weighted by atomic mass is 16.5. The lowest BCUT2D eigenvalue weighted by molar-refractivity contribution is -0.146. The summed E-state index contributed by atoms with van der Waals surface area (Å²) >= 11 is 0. The van der Waals surface area contributed by atoms with Crippen LogP contribution in [0.3, 0.4) is 0 Å². The third-order valence-corrected chi connectivity index (χ3v) is 8.34. The highest BCUT2D eigenvalue weighted by Crippen LogP contribution is 2.64. The van der Waals surface area contributed by atoms with Gasteiger partial charge in [0.1, 0.15) is 22.9 Å². The molecule has 3 aliphatic carbocycles. The lowest BCUT2D eigenvalue weighted by Crippen LogP contribution is -2.41. The van der Waals surface area contributed by atoms with Crippen LogP contribution in [-0.2, 0) is 10.2 Å². The second-order valence-electron chi connectivity index (χ2n) is 10.7. The summed E-state index contributed by atoms with van der Waals surface area (Å²) in [6, 6.07) is 15.9. The predicted octanol–water partition coefficient (Wildman–Crippen LogP) is 6.81. The molecule has 2 heterocycles. The number of hydrogen-bond donors (Lipinski definition) is 2. The molecule has 0 saturated heterocycles. The fourth-order valence-electron chi connectivity index (χ4n) is 5.97. The van der Waals surface area contributed by atoms with Crippen LogP contribution in [0.25, 0.3) is 5.57 Å². The maximum Gasteiger partial charge on any atom is 0.311 e. The Bertz CT molecular complexity index is 1480. The summed E-state index contributed by atoms with van der Waals surface area (Å²) in [7, 11) is 0. The second kappa shape index (κ2) is 9.64. The minimum Gasteiger partial charge on any atom is -0.481 e. The molecule has 2 N–H and O–H groups in total. The number of allylic oxidation sites excluding steroid dienone is 4. The number of hydrogen-bond acceptors (Lipinski definition) is 5. The van der Waals surface area contributed by atoms with Crippen molar-refractivity contribution in [3.8, 4) is 11.8 Å². The average Bonchev–Trinajstić information content (AvgIpc) is 3.47. The van der Waals surface area contributed by atoms with Gasteiger partial charge in [-0.2, -0.15) is 0 Å². The fourth-order valence-corrected chi connectivity index (χ4v) is 5.97. The molecule has 0 aliphatic heterocycles. The number of aliphatic carboxylic acids is 1. The van der Waals surface area contributed by atoms with Crippen LogP contribution in [0.1, 0.15) is 67.7 Å². The molecule has 192 valence electrons. The lowest BCUT2D eigenvalue weighted by Gasteiger charge is -2.36. The first-order valence-corrected chi connectivity index (χ1v) is 13.4. The summed E-state index contributed by atoms with van der Waals surface area (Å²) in [5.74, 6) is 7.43. The lowest BCUT2D eigenvalue weighted by atomic mass is 9.65. The van der Waals surface area contributed by atoms with Crippen molar-refractivity contribution in [2.75, 3.05) is 5.32 Å². The second-order valence-corrected chi connectivity index (χ2v) is 10.7. The van der Waals surface area contributed by atoms with Crippen LogP contribution in [0.4, 0.5) is 11.5 Å². The number of anilines is 2.